The summed E-state index contributed by atoms with van der Waals surface area (Å²) in [6.45, 7) is 0.448. The SMILES string of the molecule is COc1ccc(OCc2ccc3cc(C(=O)Oc4ccc(OC)cc4)ccc3c2)cc1. The Morgan fingerprint density at radius 1 is 0.645 bits per heavy atom. The first-order valence-corrected chi connectivity index (χ1v) is 9.80. The second-order valence-electron chi connectivity index (χ2n) is 6.93. The molecule has 0 N–H and O–H groups in total. The van der Waals surface area contributed by atoms with E-state index in [9.17, 15) is 4.79 Å². The van der Waals surface area contributed by atoms with E-state index in [-0.39, 0.29) is 0 Å². The summed E-state index contributed by atoms with van der Waals surface area (Å²) in [5.41, 5.74) is 1.53. The van der Waals surface area contributed by atoms with Crippen molar-refractivity contribution in [1.82, 2.24) is 0 Å². The molecule has 4 aromatic rings. The highest BCUT2D eigenvalue weighted by atomic mass is 16.5. The summed E-state index contributed by atoms with van der Waals surface area (Å²) in [5.74, 6) is 2.34. The van der Waals surface area contributed by atoms with Crippen LogP contribution in [0.2, 0.25) is 0 Å². The smallest absolute Gasteiger partial charge is 0.343 e. The van der Waals surface area contributed by atoms with Crippen molar-refractivity contribution >= 4 is 16.7 Å². The van der Waals surface area contributed by atoms with Crippen LogP contribution in [0.5, 0.6) is 23.0 Å². The van der Waals surface area contributed by atoms with E-state index in [1.807, 2.05) is 48.5 Å². The van der Waals surface area contributed by atoms with Gasteiger partial charge in [-0.2, -0.15) is 0 Å². The lowest BCUT2D eigenvalue weighted by atomic mass is 10.0. The molecule has 0 bridgehead atoms. The average Bonchev–Trinajstić information content (AvgIpc) is 2.83. The molecule has 0 amide bonds. The van der Waals surface area contributed by atoms with Crippen LogP contribution in [-0.2, 0) is 6.61 Å². The Balaban J connectivity index is 1.43. The standard InChI is InChI=1S/C26H22O5/c1-28-22-7-11-24(12-8-22)30-17-18-3-4-20-16-21(6-5-19(20)15-18)26(27)31-25-13-9-23(29-2)10-14-25/h3-16H,17H2,1-2H3. The minimum atomic E-state index is -0.404. The van der Waals surface area contributed by atoms with Crippen LogP contribution in [-0.4, -0.2) is 20.2 Å². The predicted octanol–water partition coefficient (Wildman–Crippen LogP) is 5.66. The van der Waals surface area contributed by atoms with Crippen molar-refractivity contribution in [1.29, 1.82) is 0 Å². The second kappa shape index (κ2) is 9.22. The molecule has 0 heterocycles. The van der Waals surface area contributed by atoms with Crippen molar-refractivity contribution in [3.63, 3.8) is 0 Å². The second-order valence-corrected chi connectivity index (χ2v) is 6.93. The van der Waals surface area contributed by atoms with E-state index in [0.717, 1.165) is 27.8 Å². The molecule has 0 aromatic heterocycles. The van der Waals surface area contributed by atoms with Crippen LogP contribution in [0.15, 0.2) is 84.9 Å². The Kier molecular flexibility index (Phi) is 6.03. The summed E-state index contributed by atoms with van der Waals surface area (Å²) in [6.07, 6.45) is 0. The third kappa shape index (κ3) is 4.95. The average molecular weight is 414 g/mol. The molecule has 0 spiro atoms. The van der Waals surface area contributed by atoms with Crippen molar-refractivity contribution in [3.05, 3.63) is 96.1 Å². The monoisotopic (exact) mass is 414 g/mol. The third-order valence-corrected chi connectivity index (χ3v) is 4.88. The molecule has 0 aliphatic rings. The number of ether oxygens (including phenoxy) is 4. The maximum absolute atomic E-state index is 12.5. The Morgan fingerprint density at radius 3 is 1.84 bits per heavy atom. The zero-order valence-electron chi connectivity index (χ0n) is 17.3. The fourth-order valence-electron chi connectivity index (χ4n) is 3.16. The van der Waals surface area contributed by atoms with Gasteiger partial charge in [-0.15, -0.1) is 0 Å². The molecule has 0 saturated heterocycles. The predicted molar refractivity (Wildman–Crippen MR) is 119 cm³/mol. The fraction of sp³-hybridized carbons (Fsp3) is 0.115. The van der Waals surface area contributed by atoms with Crippen molar-refractivity contribution in [3.8, 4) is 23.0 Å². The maximum atomic E-state index is 12.5. The summed E-state index contributed by atoms with van der Waals surface area (Å²) in [6, 6.07) is 25.9. The summed E-state index contributed by atoms with van der Waals surface area (Å²) in [4.78, 5) is 12.5. The minimum Gasteiger partial charge on any atom is -0.497 e. The minimum absolute atomic E-state index is 0.404. The maximum Gasteiger partial charge on any atom is 0.343 e. The Hall–Kier alpha value is -3.99. The number of rotatable bonds is 7. The number of methoxy groups -OCH3 is 2. The number of hydrogen-bond acceptors (Lipinski definition) is 5. The number of benzene rings is 4. The summed E-state index contributed by atoms with van der Waals surface area (Å²) < 4.78 is 21.6. The molecule has 4 aromatic carbocycles. The number of fused-ring (bicyclic) bond motifs is 1. The molecule has 0 aliphatic carbocycles. The van der Waals surface area contributed by atoms with Crippen LogP contribution in [0, 0.1) is 0 Å². The largest absolute Gasteiger partial charge is 0.497 e. The van der Waals surface area contributed by atoms with E-state index in [1.54, 1.807) is 44.6 Å². The molecule has 0 saturated carbocycles. The highest BCUT2D eigenvalue weighted by molar-refractivity contribution is 5.96. The topological polar surface area (TPSA) is 54.0 Å². The lowest BCUT2D eigenvalue weighted by molar-refractivity contribution is 0.0735. The summed E-state index contributed by atoms with van der Waals surface area (Å²) >= 11 is 0. The highest BCUT2D eigenvalue weighted by Gasteiger charge is 2.10. The molecular weight excluding hydrogens is 392 g/mol. The summed E-state index contributed by atoms with van der Waals surface area (Å²) in [7, 11) is 3.22. The van der Waals surface area contributed by atoms with Gasteiger partial charge in [0.25, 0.3) is 0 Å². The van der Waals surface area contributed by atoms with E-state index >= 15 is 0 Å². The normalized spacial score (nSPS) is 10.5. The summed E-state index contributed by atoms with van der Waals surface area (Å²) in [5, 5.41) is 1.98. The Morgan fingerprint density at radius 2 is 1.19 bits per heavy atom. The van der Waals surface area contributed by atoms with Gasteiger partial charge in [0.05, 0.1) is 19.8 Å². The first-order chi connectivity index (χ1) is 15.1. The van der Waals surface area contributed by atoms with Gasteiger partial charge in [0, 0.05) is 0 Å². The molecule has 4 rings (SSSR count). The van der Waals surface area contributed by atoms with Crippen LogP contribution in [0.25, 0.3) is 10.8 Å². The third-order valence-electron chi connectivity index (χ3n) is 4.88. The highest BCUT2D eigenvalue weighted by Crippen LogP contribution is 2.23. The van der Waals surface area contributed by atoms with Crippen molar-refractivity contribution < 1.29 is 23.7 Å². The van der Waals surface area contributed by atoms with E-state index in [1.165, 1.54) is 0 Å². The van der Waals surface area contributed by atoms with Crippen LogP contribution < -0.4 is 18.9 Å². The van der Waals surface area contributed by atoms with Gasteiger partial charge in [-0.25, -0.2) is 4.79 Å². The van der Waals surface area contributed by atoms with Gasteiger partial charge in [-0.1, -0.05) is 18.2 Å². The quantitative estimate of drug-likeness (QED) is 0.289. The number of carbonyl (C=O) groups is 1. The van der Waals surface area contributed by atoms with Gasteiger partial charge in [0.2, 0.25) is 0 Å². The van der Waals surface area contributed by atoms with Gasteiger partial charge in [-0.3, -0.25) is 0 Å². The number of esters is 1. The van der Waals surface area contributed by atoms with Crippen molar-refractivity contribution in [2.45, 2.75) is 6.61 Å². The van der Waals surface area contributed by atoms with E-state index < -0.39 is 5.97 Å². The van der Waals surface area contributed by atoms with Gasteiger partial charge < -0.3 is 18.9 Å². The molecule has 0 radical (unpaired) electrons. The Labute approximate surface area is 180 Å². The zero-order chi connectivity index (χ0) is 21.6. The van der Waals surface area contributed by atoms with Gasteiger partial charge in [0.15, 0.2) is 0 Å². The van der Waals surface area contributed by atoms with E-state index in [0.29, 0.717) is 23.7 Å². The van der Waals surface area contributed by atoms with Crippen LogP contribution in [0.4, 0.5) is 0 Å². The van der Waals surface area contributed by atoms with Crippen molar-refractivity contribution in [2.24, 2.45) is 0 Å². The molecule has 156 valence electrons. The zero-order valence-corrected chi connectivity index (χ0v) is 17.3. The van der Waals surface area contributed by atoms with Gasteiger partial charge >= 0.3 is 5.97 Å². The van der Waals surface area contributed by atoms with Gasteiger partial charge in [-0.05, 0) is 83.1 Å². The molecule has 5 nitrogen and oxygen atoms in total. The molecule has 0 unspecified atom stereocenters. The van der Waals surface area contributed by atoms with Crippen LogP contribution >= 0.6 is 0 Å². The van der Waals surface area contributed by atoms with E-state index in [2.05, 4.69) is 6.07 Å². The molecule has 5 heteroatoms. The molecule has 0 atom stereocenters. The Bertz CT molecular complexity index is 1180. The molecule has 0 fully saturated rings. The van der Waals surface area contributed by atoms with E-state index in [4.69, 9.17) is 18.9 Å². The fourth-order valence-corrected chi connectivity index (χ4v) is 3.16. The lowest BCUT2D eigenvalue weighted by Crippen LogP contribution is -2.08. The number of carbonyl (C=O) groups excluding carboxylic acids is 1. The van der Waals surface area contributed by atoms with Gasteiger partial charge in [0.1, 0.15) is 29.6 Å². The van der Waals surface area contributed by atoms with Crippen LogP contribution in [0.1, 0.15) is 15.9 Å². The molecule has 0 aliphatic heterocycles. The molecular formula is C26H22O5. The molecule has 31 heavy (non-hydrogen) atoms. The van der Waals surface area contributed by atoms with Crippen LogP contribution in [0.3, 0.4) is 0 Å². The first kappa shape index (κ1) is 20.3. The number of hydrogen-bond donors (Lipinski definition) is 0. The van der Waals surface area contributed by atoms with Crippen molar-refractivity contribution in [2.75, 3.05) is 14.2 Å². The first-order valence-electron chi connectivity index (χ1n) is 9.80. The lowest BCUT2D eigenvalue weighted by Gasteiger charge is -2.09.